The van der Waals surface area contributed by atoms with Crippen LogP contribution in [-0.4, -0.2) is 36.8 Å². The van der Waals surface area contributed by atoms with Crippen molar-refractivity contribution in [3.05, 3.63) is 0 Å². The smallest absolute Gasteiger partial charge is 0.418 e. The Hall–Kier alpha value is -1.10. The Morgan fingerprint density at radius 1 is 1.57 bits per heavy atom. The molecule has 0 radical (unpaired) electrons. The Kier molecular flexibility index (Phi) is 2.80. The molecule has 1 fully saturated rings. The van der Waals surface area contributed by atoms with Crippen molar-refractivity contribution in [2.24, 2.45) is 5.41 Å². The van der Waals surface area contributed by atoms with Crippen LogP contribution >= 0.6 is 0 Å². The topological polar surface area (TPSA) is 55.8 Å². The molecule has 0 saturated carbocycles. The van der Waals surface area contributed by atoms with Crippen molar-refractivity contribution in [3.63, 3.8) is 0 Å². The van der Waals surface area contributed by atoms with E-state index in [0.717, 1.165) is 4.90 Å². The SMILES string of the molecule is COC(=O)N1C(=O)COC1C(C)(C)C. The largest absolute Gasteiger partial charge is 0.452 e. The minimum Gasteiger partial charge on any atom is -0.452 e. The normalized spacial score (nSPS) is 22.7. The summed E-state index contributed by atoms with van der Waals surface area (Å²) in [6.45, 7) is 5.63. The van der Waals surface area contributed by atoms with Crippen LogP contribution in [0, 0.1) is 5.41 Å². The van der Waals surface area contributed by atoms with Gasteiger partial charge in [0.15, 0.2) is 0 Å². The predicted octanol–water partition coefficient (Wildman–Crippen LogP) is 0.984. The number of amides is 2. The Morgan fingerprint density at radius 3 is 2.57 bits per heavy atom. The molecule has 0 aromatic carbocycles. The number of hydrogen-bond acceptors (Lipinski definition) is 4. The van der Waals surface area contributed by atoms with Crippen LogP contribution < -0.4 is 0 Å². The van der Waals surface area contributed by atoms with E-state index in [1.807, 2.05) is 20.8 Å². The van der Waals surface area contributed by atoms with E-state index in [9.17, 15) is 9.59 Å². The molecule has 0 aliphatic carbocycles. The molecule has 1 rings (SSSR count). The van der Waals surface area contributed by atoms with Gasteiger partial charge in [0.05, 0.1) is 7.11 Å². The summed E-state index contributed by atoms with van der Waals surface area (Å²) in [5.74, 6) is -0.350. The van der Waals surface area contributed by atoms with Crippen molar-refractivity contribution in [2.75, 3.05) is 13.7 Å². The van der Waals surface area contributed by atoms with Gasteiger partial charge in [0, 0.05) is 5.41 Å². The van der Waals surface area contributed by atoms with Gasteiger partial charge in [-0.25, -0.2) is 9.69 Å². The van der Waals surface area contributed by atoms with E-state index < -0.39 is 12.3 Å². The lowest BCUT2D eigenvalue weighted by Crippen LogP contribution is -2.45. The van der Waals surface area contributed by atoms with Gasteiger partial charge in [-0.1, -0.05) is 20.8 Å². The number of carbonyl (C=O) groups excluding carboxylic acids is 2. The number of rotatable bonds is 0. The second-order valence-corrected chi connectivity index (χ2v) is 4.26. The summed E-state index contributed by atoms with van der Waals surface area (Å²) in [6, 6.07) is 0. The highest BCUT2D eigenvalue weighted by atomic mass is 16.6. The summed E-state index contributed by atoms with van der Waals surface area (Å²) >= 11 is 0. The van der Waals surface area contributed by atoms with Gasteiger partial charge in [0.1, 0.15) is 12.8 Å². The molecule has 0 N–H and O–H groups in total. The number of imide groups is 1. The Balaban J connectivity index is 2.88. The van der Waals surface area contributed by atoms with Crippen LogP contribution in [-0.2, 0) is 14.3 Å². The van der Waals surface area contributed by atoms with Crippen molar-refractivity contribution in [2.45, 2.75) is 27.0 Å². The highest BCUT2D eigenvalue weighted by Crippen LogP contribution is 2.29. The lowest BCUT2D eigenvalue weighted by atomic mass is 9.94. The molecule has 1 atom stereocenters. The molecule has 1 unspecified atom stereocenters. The standard InChI is InChI=1S/C9H15NO4/c1-9(2,3)7-10(8(12)13-4)6(11)5-14-7/h7H,5H2,1-4H3. The molecule has 0 bridgehead atoms. The van der Waals surface area contributed by atoms with Gasteiger partial charge in [0.2, 0.25) is 0 Å². The van der Waals surface area contributed by atoms with Crippen LogP contribution in [0.15, 0.2) is 0 Å². The molecule has 0 aromatic heterocycles. The average Bonchev–Trinajstić information content (AvgIpc) is 2.45. The van der Waals surface area contributed by atoms with Crippen LogP contribution in [0.5, 0.6) is 0 Å². The second-order valence-electron chi connectivity index (χ2n) is 4.26. The summed E-state index contributed by atoms with van der Waals surface area (Å²) in [7, 11) is 1.24. The molecule has 1 saturated heterocycles. The van der Waals surface area contributed by atoms with Crippen LogP contribution in [0.1, 0.15) is 20.8 Å². The summed E-state index contributed by atoms with van der Waals surface area (Å²) < 4.78 is 9.76. The zero-order valence-corrected chi connectivity index (χ0v) is 8.86. The van der Waals surface area contributed by atoms with Gasteiger partial charge >= 0.3 is 6.09 Å². The number of ether oxygens (including phenoxy) is 2. The van der Waals surface area contributed by atoms with Gasteiger partial charge < -0.3 is 9.47 Å². The monoisotopic (exact) mass is 201 g/mol. The lowest BCUT2D eigenvalue weighted by Gasteiger charge is -2.30. The Morgan fingerprint density at radius 2 is 2.14 bits per heavy atom. The van der Waals surface area contributed by atoms with E-state index in [0.29, 0.717) is 0 Å². The van der Waals surface area contributed by atoms with E-state index in [1.165, 1.54) is 7.11 Å². The van der Waals surface area contributed by atoms with Crippen LogP contribution in [0.4, 0.5) is 4.79 Å². The summed E-state index contributed by atoms with van der Waals surface area (Å²) in [5.41, 5.74) is -0.305. The van der Waals surface area contributed by atoms with Gasteiger partial charge in [-0.2, -0.15) is 0 Å². The van der Waals surface area contributed by atoms with E-state index in [2.05, 4.69) is 4.74 Å². The maximum Gasteiger partial charge on any atom is 0.418 e. The maximum absolute atomic E-state index is 11.3. The van der Waals surface area contributed by atoms with Crippen LogP contribution in [0.25, 0.3) is 0 Å². The average molecular weight is 201 g/mol. The quantitative estimate of drug-likeness (QED) is 0.586. The van der Waals surface area contributed by atoms with Crippen LogP contribution in [0.2, 0.25) is 0 Å². The molecular weight excluding hydrogens is 186 g/mol. The number of carbonyl (C=O) groups is 2. The maximum atomic E-state index is 11.3. The van der Waals surface area contributed by atoms with Crippen molar-refractivity contribution >= 4 is 12.0 Å². The van der Waals surface area contributed by atoms with Crippen molar-refractivity contribution in [3.8, 4) is 0 Å². The molecular formula is C9H15NO4. The van der Waals surface area contributed by atoms with Gasteiger partial charge in [-0.15, -0.1) is 0 Å². The highest BCUT2D eigenvalue weighted by molar-refractivity contribution is 5.94. The molecule has 1 aliphatic rings. The van der Waals surface area contributed by atoms with Crippen molar-refractivity contribution < 1.29 is 19.1 Å². The van der Waals surface area contributed by atoms with E-state index in [4.69, 9.17) is 4.74 Å². The fourth-order valence-corrected chi connectivity index (χ4v) is 1.36. The number of nitrogens with zero attached hydrogens (tertiary/aromatic N) is 1. The van der Waals surface area contributed by atoms with E-state index >= 15 is 0 Å². The molecule has 80 valence electrons. The molecule has 14 heavy (non-hydrogen) atoms. The zero-order valence-electron chi connectivity index (χ0n) is 8.86. The third-order valence-corrected chi connectivity index (χ3v) is 1.98. The number of hydrogen-bond donors (Lipinski definition) is 0. The first-order valence-electron chi connectivity index (χ1n) is 4.39. The minimum absolute atomic E-state index is 0.0585. The summed E-state index contributed by atoms with van der Waals surface area (Å²) in [6.07, 6.45) is -1.20. The van der Waals surface area contributed by atoms with Gasteiger partial charge in [-0.05, 0) is 0 Å². The molecule has 5 nitrogen and oxygen atoms in total. The third-order valence-electron chi connectivity index (χ3n) is 1.98. The zero-order chi connectivity index (χ0) is 10.9. The van der Waals surface area contributed by atoms with Crippen molar-refractivity contribution in [1.82, 2.24) is 4.90 Å². The first-order valence-corrected chi connectivity index (χ1v) is 4.39. The molecule has 0 aromatic rings. The molecule has 1 heterocycles. The fraction of sp³-hybridized carbons (Fsp3) is 0.778. The fourth-order valence-electron chi connectivity index (χ4n) is 1.36. The Labute approximate surface area is 83.0 Å². The van der Waals surface area contributed by atoms with E-state index in [1.54, 1.807) is 0 Å². The van der Waals surface area contributed by atoms with Crippen molar-refractivity contribution in [1.29, 1.82) is 0 Å². The van der Waals surface area contributed by atoms with Crippen LogP contribution in [0.3, 0.4) is 0 Å². The first-order chi connectivity index (χ1) is 6.38. The first kappa shape index (κ1) is 11.0. The minimum atomic E-state index is -0.660. The predicted molar refractivity (Wildman–Crippen MR) is 48.4 cm³/mol. The number of methoxy groups -OCH3 is 1. The molecule has 5 heteroatoms. The third kappa shape index (κ3) is 1.87. The summed E-state index contributed by atoms with van der Waals surface area (Å²) in [5, 5.41) is 0. The molecule has 2 amide bonds. The molecule has 0 spiro atoms. The van der Waals surface area contributed by atoms with Gasteiger partial charge in [0.25, 0.3) is 5.91 Å². The second kappa shape index (κ2) is 3.57. The Bertz CT molecular complexity index is 256. The van der Waals surface area contributed by atoms with Gasteiger partial charge in [-0.3, -0.25) is 4.79 Å². The highest BCUT2D eigenvalue weighted by Gasteiger charge is 2.44. The van der Waals surface area contributed by atoms with E-state index in [-0.39, 0.29) is 17.9 Å². The summed E-state index contributed by atoms with van der Waals surface area (Å²) in [4.78, 5) is 23.6. The lowest BCUT2D eigenvalue weighted by molar-refractivity contribution is -0.127. The molecule has 1 aliphatic heterocycles.